The third kappa shape index (κ3) is 3.15. The maximum absolute atomic E-state index is 13.8. The summed E-state index contributed by atoms with van der Waals surface area (Å²) in [6.45, 7) is 1.01. The summed E-state index contributed by atoms with van der Waals surface area (Å²) in [5.74, 6) is -2.85. The van der Waals surface area contributed by atoms with Gasteiger partial charge in [-0.05, 0) is 37.3 Å². The maximum Gasteiger partial charge on any atom is 0.332 e. The predicted octanol–water partition coefficient (Wildman–Crippen LogP) is 2.99. The SMILES string of the molecule is C[C@@H]1C(=O)N(C[C@H](O)c2ccc(F)cc2F)C(=O)N1c1ccc(F)cc1. The highest BCUT2D eigenvalue weighted by molar-refractivity contribution is 6.14. The van der Waals surface area contributed by atoms with E-state index in [0.717, 1.165) is 34.1 Å². The lowest BCUT2D eigenvalue weighted by molar-refractivity contribution is -0.128. The molecular weight excluding hydrogens is 349 g/mol. The van der Waals surface area contributed by atoms with Crippen LogP contribution >= 0.6 is 0 Å². The van der Waals surface area contributed by atoms with Crippen LogP contribution < -0.4 is 4.90 Å². The Kier molecular flexibility index (Phi) is 4.69. The van der Waals surface area contributed by atoms with Crippen LogP contribution in [0.25, 0.3) is 0 Å². The summed E-state index contributed by atoms with van der Waals surface area (Å²) in [7, 11) is 0. The average molecular weight is 364 g/mol. The summed E-state index contributed by atoms with van der Waals surface area (Å²) >= 11 is 0. The summed E-state index contributed by atoms with van der Waals surface area (Å²) < 4.78 is 39.8. The van der Waals surface area contributed by atoms with Gasteiger partial charge in [-0.25, -0.2) is 18.0 Å². The summed E-state index contributed by atoms with van der Waals surface area (Å²) in [6.07, 6.45) is -1.51. The Bertz CT molecular complexity index is 857. The van der Waals surface area contributed by atoms with Gasteiger partial charge in [-0.2, -0.15) is 0 Å². The number of imide groups is 1. The number of rotatable bonds is 4. The number of aliphatic hydroxyl groups is 1. The van der Waals surface area contributed by atoms with E-state index in [4.69, 9.17) is 0 Å². The van der Waals surface area contributed by atoms with Gasteiger partial charge in [-0.15, -0.1) is 0 Å². The molecule has 1 aliphatic heterocycles. The lowest BCUT2D eigenvalue weighted by atomic mass is 10.1. The minimum Gasteiger partial charge on any atom is -0.386 e. The molecule has 0 bridgehead atoms. The van der Waals surface area contributed by atoms with Crippen molar-refractivity contribution in [2.75, 3.05) is 11.4 Å². The Morgan fingerprint density at radius 2 is 1.65 bits per heavy atom. The van der Waals surface area contributed by atoms with E-state index >= 15 is 0 Å². The van der Waals surface area contributed by atoms with Crippen molar-refractivity contribution in [3.8, 4) is 0 Å². The Labute approximate surface area is 147 Å². The number of carbonyl (C=O) groups excluding carboxylic acids is 2. The number of hydrogen-bond acceptors (Lipinski definition) is 3. The van der Waals surface area contributed by atoms with Crippen molar-refractivity contribution in [2.45, 2.75) is 19.1 Å². The molecule has 5 nitrogen and oxygen atoms in total. The monoisotopic (exact) mass is 364 g/mol. The molecule has 0 spiro atoms. The largest absolute Gasteiger partial charge is 0.386 e. The van der Waals surface area contributed by atoms with Gasteiger partial charge in [0.05, 0.1) is 12.6 Å². The van der Waals surface area contributed by atoms with E-state index in [1.807, 2.05) is 0 Å². The van der Waals surface area contributed by atoms with Crippen LogP contribution in [-0.2, 0) is 4.79 Å². The van der Waals surface area contributed by atoms with Crippen LogP contribution in [0.1, 0.15) is 18.6 Å². The van der Waals surface area contributed by atoms with Crippen LogP contribution in [0.5, 0.6) is 0 Å². The number of urea groups is 1. The molecule has 1 aliphatic rings. The van der Waals surface area contributed by atoms with E-state index in [-0.39, 0.29) is 5.56 Å². The molecule has 8 heteroatoms. The first-order chi connectivity index (χ1) is 12.3. The molecule has 0 aliphatic carbocycles. The number of nitrogens with zero attached hydrogens (tertiary/aromatic N) is 2. The second kappa shape index (κ2) is 6.80. The molecule has 3 amide bonds. The van der Waals surface area contributed by atoms with Crippen molar-refractivity contribution < 1.29 is 27.9 Å². The summed E-state index contributed by atoms with van der Waals surface area (Å²) in [5.41, 5.74) is 0.0992. The fraction of sp³-hybridized carbons (Fsp3) is 0.222. The van der Waals surface area contributed by atoms with Crippen LogP contribution in [-0.4, -0.2) is 34.5 Å². The third-order valence-electron chi connectivity index (χ3n) is 4.23. The lowest BCUT2D eigenvalue weighted by Crippen LogP contribution is -2.36. The molecular formula is C18H15F3N2O3. The van der Waals surface area contributed by atoms with E-state index in [9.17, 15) is 27.9 Å². The maximum atomic E-state index is 13.8. The molecule has 3 rings (SSSR count). The van der Waals surface area contributed by atoms with Gasteiger partial charge in [0.1, 0.15) is 23.5 Å². The molecule has 1 heterocycles. The Morgan fingerprint density at radius 3 is 2.27 bits per heavy atom. The van der Waals surface area contributed by atoms with Gasteiger partial charge in [0.15, 0.2) is 0 Å². The molecule has 2 aromatic carbocycles. The molecule has 2 aromatic rings. The predicted molar refractivity (Wildman–Crippen MR) is 86.8 cm³/mol. The van der Waals surface area contributed by atoms with Gasteiger partial charge in [0.2, 0.25) is 0 Å². The molecule has 1 saturated heterocycles. The van der Waals surface area contributed by atoms with E-state index < -0.39 is 48.1 Å². The number of carbonyl (C=O) groups is 2. The van der Waals surface area contributed by atoms with Gasteiger partial charge in [0, 0.05) is 17.3 Å². The molecule has 0 unspecified atom stereocenters. The molecule has 1 N–H and O–H groups in total. The van der Waals surface area contributed by atoms with Crippen molar-refractivity contribution in [1.82, 2.24) is 4.90 Å². The topological polar surface area (TPSA) is 60.9 Å². The highest BCUT2D eigenvalue weighted by Gasteiger charge is 2.44. The summed E-state index contributed by atoms with van der Waals surface area (Å²) in [4.78, 5) is 26.9. The highest BCUT2D eigenvalue weighted by atomic mass is 19.1. The first-order valence-corrected chi connectivity index (χ1v) is 7.82. The lowest BCUT2D eigenvalue weighted by Gasteiger charge is -2.21. The van der Waals surface area contributed by atoms with Gasteiger partial charge in [0.25, 0.3) is 5.91 Å². The number of benzene rings is 2. The Morgan fingerprint density at radius 1 is 1.04 bits per heavy atom. The van der Waals surface area contributed by atoms with Crippen molar-refractivity contribution >= 4 is 17.6 Å². The molecule has 0 radical (unpaired) electrons. The first-order valence-electron chi connectivity index (χ1n) is 7.82. The third-order valence-corrected chi connectivity index (χ3v) is 4.23. The standard InChI is InChI=1S/C18H15F3N2O3/c1-10-17(25)22(9-16(24)14-7-4-12(20)8-15(14)21)18(26)23(10)13-5-2-11(19)3-6-13/h2-8,10,16,24H,9H2,1H3/t10-,16+/m1/s1. The zero-order valence-corrected chi connectivity index (χ0v) is 13.7. The number of aliphatic hydroxyl groups excluding tert-OH is 1. The van der Waals surface area contributed by atoms with Gasteiger partial charge in [-0.3, -0.25) is 14.6 Å². The quantitative estimate of drug-likeness (QED) is 0.849. The van der Waals surface area contributed by atoms with Crippen LogP contribution in [0.15, 0.2) is 42.5 Å². The van der Waals surface area contributed by atoms with E-state index in [1.54, 1.807) is 0 Å². The fourth-order valence-electron chi connectivity index (χ4n) is 2.87. The van der Waals surface area contributed by atoms with E-state index in [0.29, 0.717) is 11.8 Å². The zero-order chi connectivity index (χ0) is 19.0. The normalized spacial score (nSPS) is 18.6. The highest BCUT2D eigenvalue weighted by Crippen LogP contribution is 2.28. The molecule has 2 atom stereocenters. The van der Waals surface area contributed by atoms with Gasteiger partial charge >= 0.3 is 6.03 Å². The van der Waals surface area contributed by atoms with Gasteiger partial charge < -0.3 is 5.11 Å². The van der Waals surface area contributed by atoms with Crippen LogP contribution in [0.2, 0.25) is 0 Å². The smallest absolute Gasteiger partial charge is 0.332 e. The number of hydrogen-bond donors (Lipinski definition) is 1. The molecule has 136 valence electrons. The molecule has 0 saturated carbocycles. The number of β-amino-alcohol motifs (C(OH)–C–C–N with tert-alkyl or cyclic N) is 1. The van der Waals surface area contributed by atoms with Crippen molar-refractivity contribution in [3.63, 3.8) is 0 Å². The molecule has 26 heavy (non-hydrogen) atoms. The molecule has 1 fully saturated rings. The van der Waals surface area contributed by atoms with Gasteiger partial charge in [-0.1, -0.05) is 6.07 Å². The number of amides is 3. The fourth-order valence-corrected chi connectivity index (χ4v) is 2.87. The van der Waals surface area contributed by atoms with E-state index in [1.165, 1.54) is 19.1 Å². The average Bonchev–Trinajstić information content (AvgIpc) is 2.79. The summed E-state index contributed by atoms with van der Waals surface area (Å²) in [5, 5.41) is 10.2. The second-order valence-corrected chi connectivity index (χ2v) is 5.94. The summed E-state index contributed by atoms with van der Waals surface area (Å²) in [6, 6.07) is 6.10. The Balaban J connectivity index is 1.83. The first kappa shape index (κ1) is 17.9. The number of halogens is 3. The second-order valence-electron chi connectivity index (χ2n) is 5.94. The van der Waals surface area contributed by atoms with Crippen molar-refractivity contribution in [2.24, 2.45) is 0 Å². The minimum absolute atomic E-state index is 0.222. The zero-order valence-electron chi connectivity index (χ0n) is 13.7. The van der Waals surface area contributed by atoms with E-state index in [2.05, 4.69) is 0 Å². The van der Waals surface area contributed by atoms with Crippen LogP contribution in [0.4, 0.5) is 23.7 Å². The molecule has 0 aromatic heterocycles. The van der Waals surface area contributed by atoms with Crippen LogP contribution in [0.3, 0.4) is 0 Å². The Hall–Kier alpha value is -2.87. The van der Waals surface area contributed by atoms with Crippen LogP contribution in [0, 0.1) is 17.5 Å². The van der Waals surface area contributed by atoms with Crippen molar-refractivity contribution in [3.05, 3.63) is 65.5 Å². The number of anilines is 1. The van der Waals surface area contributed by atoms with Crippen molar-refractivity contribution in [1.29, 1.82) is 0 Å². The minimum atomic E-state index is -1.51.